The Bertz CT molecular complexity index is 496. The van der Waals surface area contributed by atoms with Gasteiger partial charge in [0.05, 0.1) is 4.99 Å². The molecule has 108 valence electrons. The third kappa shape index (κ3) is 3.13. The van der Waals surface area contributed by atoms with Gasteiger partial charge < -0.3 is 15.8 Å². The first kappa shape index (κ1) is 14.9. The molecule has 1 aliphatic rings. The maximum absolute atomic E-state index is 12.4. The fraction of sp³-hybridized carbons (Fsp3) is 0.500. The van der Waals surface area contributed by atoms with E-state index >= 15 is 0 Å². The van der Waals surface area contributed by atoms with Gasteiger partial charge in [-0.25, -0.2) is 0 Å². The van der Waals surface area contributed by atoms with Gasteiger partial charge in [-0.15, -0.1) is 0 Å². The van der Waals surface area contributed by atoms with Crippen LogP contribution in [0.5, 0.6) is 0 Å². The van der Waals surface area contributed by atoms with E-state index in [1.165, 1.54) is 0 Å². The number of thiocarbonyl (C=S) groups is 1. The zero-order valence-corrected chi connectivity index (χ0v) is 12.3. The fourth-order valence-electron chi connectivity index (χ4n) is 2.26. The number of ether oxygens (including phenoxy) is 1. The zero-order valence-electron chi connectivity index (χ0n) is 11.5. The summed E-state index contributed by atoms with van der Waals surface area (Å²) in [5, 5.41) is 2.91. The standard InChI is InChI=1S/C14H19N3O2S/c1-10-2-3-11(8-16-10)9-17-13(18)14(12(15)20)4-6-19-7-5-14/h2-3,8H,4-7,9H2,1H3,(H2,15,20)(H,17,18). The maximum Gasteiger partial charge on any atom is 0.233 e. The van der Waals surface area contributed by atoms with E-state index in [4.69, 9.17) is 22.7 Å². The summed E-state index contributed by atoms with van der Waals surface area (Å²) in [6, 6.07) is 3.86. The molecule has 2 rings (SSSR count). The first-order valence-electron chi connectivity index (χ1n) is 6.62. The molecule has 0 bridgehead atoms. The van der Waals surface area contributed by atoms with Crippen molar-refractivity contribution in [3.63, 3.8) is 0 Å². The van der Waals surface area contributed by atoms with E-state index in [1.807, 2.05) is 19.1 Å². The smallest absolute Gasteiger partial charge is 0.233 e. The van der Waals surface area contributed by atoms with Gasteiger partial charge in [-0.2, -0.15) is 0 Å². The number of hydrogen-bond acceptors (Lipinski definition) is 4. The van der Waals surface area contributed by atoms with Crippen molar-refractivity contribution in [3.8, 4) is 0 Å². The second-order valence-electron chi connectivity index (χ2n) is 5.05. The molecule has 0 unspecified atom stereocenters. The van der Waals surface area contributed by atoms with Gasteiger partial charge in [0.15, 0.2) is 0 Å². The molecule has 0 spiro atoms. The molecule has 0 aliphatic carbocycles. The summed E-state index contributed by atoms with van der Waals surface area (Å²) in [4.78, 5) is 16.9. The first-order chi connectivity index (χ1) is 9.54. The highest BCUT2D eigenvalue weighted by molar-refractivity contribution is 7.80. The fourth-order valence-corrected chi connectivity index (χ4v) is 2.56. The number of rotatable bonds is 4. The summed E-state index contributed by atoms with van der Waals surface area (Å²) in [5.41, 5.74) is 6.92. The van der Waals surface area contributed by atoms with Gasteiger partial charge in [0.1, 0.15) is 5.41 Å². The van der Waals surface area contributed by atoms with Gasteiger partial charge in [-0.1, -0.05) is 18.3 Å². The Hall–Kier alpha value is -1.53. The Kier molecular flexibility index (Phi) is 4.67. The van der Waals surface area contributed by atoms with Crippen molar-refractivity contribution in [1.29, 1.82) is 0 Å². The molecule has 1 amide bonds. The molecule has 1 saturated heterocycles. The second-order valence-corrected chi connectivity index (χ2v) is 5.49. The van der Waals surface area contributed by atoms with Gasteiger partial charge in [-0.05, 0) is 31.4 Å². The van der Waals surface area contributed by atoms with Crippen LogP contribution in [0, 0.1) is 12.3 Å². The topological polar surface area (TPSA) is 77.2 Å². The lowest BCUT2D eigenvalue weighted by atomic mass is 9.79. The van der Waals surface area contributed by atoms with Crippen molar-refractivity contribution < 1.29 is 9.53 Å². The van der Waals surface area contributed by atoms with Gasteiger partial charge in [0.25, 0.3) is 0 Å². The number of carbonyl (C=O) groups is 1. The van der Waals surface area contributed by atoms with Crippen LogP contribution >= 0.6 is 12.2 Å². The number of carbonyl (C=O) groups excluding carboxylic acids is 1. The van der Waals surface area contributed by atoms with E-state index < -0.39 is 5.41 Å². The molecule has 5 nitrogen and oxygen atoms in total. The third-order valence-electron chi connectivity index (χ3n) is 3.68. The van der Waals surface area contributed by atoms with Crippen LogP contribution < -0.4 is 11.1 Å². The summed E-state index contributed by atoms with van der Waals surface area (Å²) in [6.45, 7) is 3.37. The largest absolute Gasteiger partial charge is 0.392 e. The van der Waals surface area contributed by atoms with E-state index in [0.717, 1.165) is 11.3 Å². The van der Waals surface area contributed by atoms with Crippen LogP contribution in [0.2, 0.25) is 0 Å². The Morgan fingerprint density at radius 2 is 2.20 bits per heavy atom. The molecule has 0 aromatic carbocycles. The van der Waals surface area contributed by atoms with E-state index in [-0.39, 0.29) is 10.9 Å². The molecule has 3 N–H and O–H groups in total. The molecular weight excluding hydrogens is 274 g/mol. The third-order valence-corrected chi connectivity index (χ3v) is 4.07. The van der Waals surface area contributed by atoms with E-state index in [0.29, 0.717) is 32.6 Å². The van der Waals surface area contributed by atoms with Gasteiger partial charge in [0, 0.05) is 31.6 Å². The Labute approximate surface area is 123 Å². The highest BCUT2D eigenvalue weighted by Gasteiger charge is 2.42. The zero-order chi connectivity index (χ0) is 14.6. The molecule has 6 heteroatoms. The molecule has 2 heterocycles. The van der Waals surface area contributed by atoms with Crippen LogP contribution in [0.1, 0.15) is 24.1 Å². The quantitative estimate of drug-likeness (QED) is 0.813. The van der Waals surface area contributed by atoms with Crippen LogP contribution in [-0.2, 0) is 16.1 Å². The minimum atomic E-state index is -0.772. The van der Waals surface area contributed by atoms with Crippen molar-refractivity contribution in [1.82, 2.24) is 10.3 Å². The molecule has 1 fully saturated rings. The molecule has 20 heavy (non-hydrogen) atoms. The van der Waals surface area contributed by atoms with Crippen molar-refractivity contribution >= 4 is 23.1 Å². The number of hydrogen-bond donors (Lipinski definition) is 2. The lowest BCUT2D eigenvalue weighted by Gasteiger charge is -2.34. The minimum absolute atomic E-state index is 0.117. The first-order valence-corrected chi connectivity index (χ1v) is 7.03. The Morgan fingerprint density at radius 3 is 2.75 bits per heavy atom. The van der Waals surface area contributed by atoms with Crippen LogP contribution in [0.3, 0.4) is 0 Å². The molecule has 0 atom stereocenters. The average Bonchev–Trinajstić information content (AvgIpc) is 2.47. The number of amides is 1. The van der Waals surface area contributed by atoms with Crippen LogP contribution in [0.4, 0.5) is 0 Å². The second kappa shape index (κ2) is 6.28. The normalized spacial score (nSPS) is 17.4. The summed E-state index contributed by atoms with van der Waals surface area (Å²) >= 11 is 5.10. The van der Waals surface area contributed by atoms with Gasteiger partial charge in [-0.3, -0.25) is 9.78 Å². The number of nitrogens with one attached hydrogen (secondary N) is 1. The molecule has 0 radical (unpaired) electrons. The van der Waals surface area contributed by atoms with Crippen LogP contribution in [-0.4, -0.2) is 29.1 Å². The Balaban J connectivity index is 2.02. The van der Waals surface area contributed by atoms with Crippen molar-refractivity contribution in [2.24, 2.45) is 11.1 Å². The average molecular weight is 293 g/mol. The van der Waals surface area contributed by atoms with Crippen molar-refractivity contribution in [2.45, 2.75) is 26.3 Å². The highest BCUT2D eigenvalue weighted by Crippen LogP contribution is 2.31. The van der Waals surface area contributed by atoms with Crippen molar-refractivity contribution in [2.75, 3.05) is 13.2 Å². The monoisotopic (exact) mass is 293 g/mol. The predicted molar refractivity (Wildman–Crippen MR) is 80.1 cm³/mol. The minimum Gasteiger partial charge on any atom is -0.392 e. The number of aromatic nitrogens is 1. The predicted octanol–water partition coefficient (Wildman–Crippen LogP) is 1.09. The van der Waals surface area contributed by atoms with Crippen molar-refractivity contribution in [3.05, 3.63) is 29.6 Å². The Morgan fingerprint density at radius 1 is 1.50 bits per heavy atom. The summed E-state index contributed by atoms with van der Waals surface area (Å²) in [6.07, 6.45) is 2.84. The summed E-state index contributed by atoms with van der Waals surface area (Å²) in [5.74, 6) is -0.117. The summed E-state index contributed by atoms with van der Waals surface area (Å²) in [7, 11) is 0. The number of nitrogens with two attached hydrogens (primary N) is 1. The van der Waals surface area contributed by atoms with Gasteiger partial charge >= 0.3 is 0 Å². The SMILES string of the molecule is Cc1ccc(CNC(=O)C2(C(N)=S)CCOCC2)cn1. The van der Waals surface area contributed by atoms with Gasteiger partial charge in [0.2, 0.25) is 5.91 Å². The highest BCUT2D eigenvalue weighted by atomic mass is 32.1. The summed E-state index contributed by atoms with van der Waals surface area (Å²) < 4.78 is 5.30. The molecule has 0 saturated carbocycles. The van der Waals surface area contributed by atoms with Crippen LogP contribution in [0.15, 0.2) is 18.3 Å². The molecule has 1 aromatic heterocycles. The number of pyridine rings is 1. The van der Waals surface area contributed by atoms with Crippen LogP contribution in [0.25, 0.3) is 0 Å². The number of nitrogens with zero attached hydrogens (tertiary/aromatic N) is 1. The lowest BCUT2D eigenvalue weighted by molar-refractivity contribution is -0.131. The van der Waals surface area contributed by atoms with E-state index in [2.05, 4.69) is 10.3 Å². The maximum atomic E-state index is 12.4. The molecule has 1 aliphatic heterocycles. The molecular formula is C14H19N3O2S. The van der Waals surface area contributed by atoms with E-state index in [9.17, 15) is 4.79 Å². The lowest BCUT2D eigenvalue weighted by Crippen LogP contribution is -2.51. The molecule has 1 aromatic rings. The van der Waals surface area contributed by atoms with E-state index in [1.54, 1.807) is 6.20 Å². The number of aryl methyl sites for hydroxylation is 1.